The minimum absolute atomic E-state index is 0.227. The lowest BCUT2D eigenvalue weighted by atomic mass is 10.2. The summed E-state index contributed by atoms with van der Waals surface area (Å²) in [7, 11) is 0. The van der Waals surface area contributed by atoms with Gasteiger partial charge in [0.15, 0.2) is 11.6 Å². The van der Waals surface area contributed by atoms with Gasteiger partial charge in [-0.3, -0.25) is 4.79 Å². The number of carbonyl (C=O) groups is 1. The molecule has 0 radical (unpaired) electrons. The number of pyridine rings is 1. The van der Waals surface area contributed by atoms with Crippen LogP contribution in [-0.4, -0.2) is 30.8 Å². The van der Waals surface area contributed by atoms with Crippen LogP contribution >= 0.6 is 11.6 Å². The number of hydrogen-bond acceptors (Lipinski definition) is 6. The normalized spacial score (nSPS) is 13.4. The Kier molecular flexibility index (Phi) is 4.99. The van der Waals surface area contributed by atoms with Gasteiger partial charge >= 0.3 is 0 Å². The zero-order valence-electron chi connectivity index (χ0n) is 16.7. The van der Waals surface area contributed by atoms with Gasteiger partial charge in [0.2, 0.25) is 0 Å². The van der Waals surface area contributed by atoms with E-state index in [-0.39, 0.29) is 5.91 Å². The molecule has 0 bridgehead atoms. The summed E-state index contributed by atoms with van der Waals surface area (Å²) in [5.74, 6) is 1.81. The monoisotopic (exact) mass is 434 g/mol. The van der Waals surface area contributed by atoms with Gasteiger partial charge < -0.3 is 9.84 Å². The molecule has 0 atom stereocenters. The lowest BCUT2D eigenvalue weighted by Gasteiger charge is -2.08. The van der Waals surface area contributed by atoms with E-state index in [4.69, 9.17) is 16.1 Å². The maximum Gasteiger partial charge on any atom is 0.261 e. The number of nitrogens with one attached hydrogen (secondary N) is 1. The van der Waals surface area contributed by atoms with Crippen LogP contribution in [0.15, 0.2) is 53.3 Å². The van der Waals surface area contributed by atoms with Gasteiger partial charge in [0.25, 0.3) is 11.8 Å². The maximum atomic E-state index is 12.7. The first-order chi connectivity index (χ1) is 15.1. The fourth-order valence-electron chi connectivity index (χ4n) is 3.35. The SMILES string of the molecule is Cc1c(C(=O)NCc2cccc(Cl)c2)cnn1-c1ncccc1-c1nc(C2CC2)no1. The van der Waals surface area contributed by atoms with Crippen LogP contribution in [0.25, 0.3) is 17.3 Å². The minimum Gasteiger partial charge on any atom is -0.348 e. The smallest absolute Gasteiger partial charge is 0.261 e. The Morgan fingerprint density at radius 3 is 2.97 bits per heavy atom. The molecule has 9 heteroatoms. The summed E-state index contributed by atoms with van der Waals surface area (Å²) < 4.78 is 7.09. The van der Waals surface area contributed by atoms with Crippen molar-refractivity contribution in [2.45, 2.75) is 32.2 Å². The third-order valence-electron chi connectivity index (χ3n) is 5.20. The zero-order valence-corrected chi connectivity index (χ0v) is 17.5. The highest BCUT2D eigenvalue weighted by atomic mass is 35.5. The minimum atomic E-state index is -0.227. The number of aromatic nitrogens is 5. The first-order valence-corrected chi connectivity index (χ1v) is 10.3. The number of benzene rings is 1. The summed E-state index contributed by atoms with van der Waals surface area (Å²) in [6.07, 6.45) is 5.37. The largest absolute Gasteiger partial charge is 0.348 e. The highest BCUT2D eigenvalue weighted by Gasteiger charge is 2.29. The molecule has 3 heterocycles. The van der Waals surface area contributed by atoms with E-state index in [9.17, 15) is 4.79 Å². The topological polar surface area (TPSA) is 98.7 Å². The number of amides is 1. The van der Waals surface area contributed by atoms with Crippen LogP contribution in [0.3, 0.4) is 0 Å². The summed E-state index contributed by atoms with van der Waals surface area (Å²) in [6.45, 7) is 2.19. The van der Waals surface area contributed by atoms with Crippen LogP contribution in [0.2, 0.25) is 5.02 Å². The van der Waals surface area contributed by atoms with E-state index in [1.54, 1.807) is 23.0 Å². The van der Waals surface area contributed by atoms with Crippen LogP contribution in [0.5, 0.6) is 0 Å². The molecular formula is C22H19ClN6O2. The van der Waals surface area contributed by atoms with Crippen molar-refractivity contribution in [1.29, 1.82) is 0 Å². The molecule has 0 aliphatic heterocycles. The van der Waals surface area contributed by atoms with Crippen molar-refractivity contribution in [2.24, 2.45) is 0 Å². The molecule has 3 aromatic heterocycles. The van der Waals surface area contributed by atoms with Crippen LogP contribution in [-0.2, 0) is 6.54 Å². The Morgan fingerprint density at radius 1 is 1.29 bits per heavy atom. The van der Waals surface area contributed by atoms with Gasteiger partial charge in [-0.05, 0) is 49.6 Å². The Labute approximate surface area is 183 Å². The fourth-order valence-corrected chi connectivity index (χ4v) is 3.57. The lowest BCUT2D eigenvalue weighted by molar-refractivity contribution is 0.0950. The van der Waals surface area contributed by atoms with Gasteiger partial charge in [-0.25, -0.2) is 9.67 Å². The second kappa shape index (κ2) is 7.96. The Balaban J connectivity index is 1.40. The lowest BCUT2D eigenvalue weighted by Crippen LogP contribution is -2.23. The van der Waals surface area contributed by atoms with E-state index in [0.29, 0.717) is 46.0 Å². The van der Waals surface area contributed by atoms with Gasteiger partial charge in [-0.1, -0.05) is 28.9 Å². The number of halogens is 1. The summed E-state index contributed by atoms with van der Waals surface area (Å²) in [6, 6.07) is 11.0. The molecule has 8 nitrogen and oxygen atoms in total. The number of rotatable bonds is 6. The molecule has 1 aliphatic carbocycles. The number of nitrogens with zero attached hydrogens (tertiary/aromatic N) is 5. The van der Waals surface area contributed by atoms with Crippen LogP contribution < -0.4 is 5.32 Å². The van der Waals surface area contributed by atoms with E-state index in [2.05, 4.69) is 25.5 Å². The summed E-state index contributed by atoms with van der Waals surface area (Å²) in [5.41, 5.74) is 2.70. The first-order valence-electron chi connectivity index (χ1n) is 9.97. The molecule has 4 aromatic rings. The molecule has 31 heavy (non-hydrogen) atoms. The van der Waals surface area contributed by atoms with E-state index in [0.717, 1.165) is 24.2 Å². The molecule has 0 spiro atoms. The van der Waals surface area contributed by atoms with Crippen molar-refractivity contribution in [2.75, 3.05) is 0 Å². The maximum absolute atomic E-state index is 12.7. The standard InChI is InChI=1S/C22H19ClN6O2/c1-13-18(21(30)25-11-14-4-2-5-16(23)10-14)12-26-29(13)20-17(6-3-9-24-20)22-27-19(28-31-22)15-7-8-15/h2-6,9-10,12,15H,7-8,11H2,1H3,(H,25,30). The molecule has 1 fully saturated rings. The molecule has 0 unspecified atom stereocenters. The molecule has 1 N–H and O–H groups in total. The summed E-state index contributed by atoms with van der Waals surface area (Å²) in [5, 5.41) is 12.0. The average Bonchev–Trinajstić information content (AvgIpc) is 3.38. The quantitative estimate of drug-likeness (QED) is 0.490. The predicted molar refractivity (Wildman–Crippen MR) is 114 cm³/mol. The van der Waals surface area contributed by atoms with E-state index in [1.807, 2.05) is 31.2 Å². The molecule has 5 rings (SSSR count). The Bertz CT molecular complexity index is 1260. The third kappa shape index (κ3) is 3.94. The van der Waals surface area contributed by atoms with Crippen LogP contribution in [0, 0.1) is 6.92 Å². The summed E-state index contributed by atoms with van der Waals surface area (Å²) in [4.78, 5) is 21.7. The van der Waals surface area contributed by atoms with Gasteiger partial charge in [0.05, 0.1) is 23.0 Å². The summed E-state index contributed by atoms with van der Waals surface area (Å²) >= 11 is 6.01. The van der Waals surface area contributed by atoms with E-state index in [1.165, 1.54) is 6.20 Å². The van der Waals surface area contributed by atoms with E-state index >= 15 is 0 Å². The van der Waals surface area contributed by atoms with Crippen molar-refractivity contribution in [3.63, 3.8) is 0 Å². The molecular weight excluding hydrogens is 416 g/mol. The second-order valence-electron chi connectivity index (χ2n) is 7.47. The zero-order chi connectivity index (χ0) is 21.4. The predicted octanol–water partition coefficient (Wildman–Crippen LogP) is 4.09. The Hall–Kier alpha value is -3.52. The highest BCUT2D eigenvalue weighted by Crippen LogP contribution is 2.39. The van der Waals surface area contributed by atoms with E-state index < -0.39 is 0 Å². The Morgan fingerprint density at radius 2 is 2.16 bits per heavy atom. The van der Waals surface area contributed by atoms with Crippen LogP contribution in [0.1, 0.15) is 46.2 Å². The average molecular weight is 435 g/mol. The van der Waals surface area contributed by atoms with Crippen LogP contribution in [0.4, 0.5) is 0 Å². The molecule has 1 aromatic carbocycles. The molecule has 0 saturated heterocycles. The molecule has 1 aliphatic rings. The number of hydrogen-bond donors (Lipinski definition) is 1. The fraction of sp³-hybridized carbons (Fsp3) is 0.227. The van der Waals surface area contributed by atoms with Gasteiger partial charge in [-0.2, -0.15) is 10.1 Å². The van der Waals surface area contributed by atoms with Crippen molar-refractivity contribution in [3.05, 3.63) is 76.5 Å². The van der Waals surface area contributed by atoms with Crippen molar-refractivity contribution in [1.82, 2.24) is 30.2 Å². The number of carbonyl (C=O) groups excluding carboxylic acids is 1. The third-order valence-corrected chi connectivity index (χ3v) is 5.43. The second-order valence-corrected chi connectivity index (χ2v) is 7.91. The first kappa shape index (κ1) is 19.4. The van der Waals surface area contributed by atoms with Gasteiger partial charge in [-0.15, -0.1) is 0 Å². The molecule has 156 valence electrons. The molecule has 1 amide bonds. The van der Waals surface area contributed by atoms with Crippen molar-refractivity contribution < 1.29 is 9.32 Å². The molecule has 1 saturated carbocycles. The van der Waals surface area contributed by atoms with Crippen molar-refractivity contribution >= 4 is 17.5 Å². The van der Waals surface area contributed by atoms with Gasteiger partial charge in [0.1, 0.15) is 0 Å². The highest BCUT2D eigenvalue weighted by molar-refractivity contribution is 6.30. The van der Waals surface area contributed by atoms with Gasteiger partial charge in [0, 0.05) is 23.7 Å². The van der Waals surface area contributed by atoms with Crippen molar-refractivity contribution in [3.8, 4) is 17.3 Å².